The fourth-order valence-electron chi connectivity index (χ4n) is 2.86. The van der Waals surface area contributed by atoms with Crippen LogP contribution < -0.4 is 4.90 Å². The van der Waals surface area contributed by atoms with E-state index in [0.717, 1.165) is 16.8 Å². The SMILES string of the molecule is O=C(O)C1CN(CC(O)c2ccccc2)c2ccccc21. The zero-order chi connectivity index (χ0) is 14.8. The van der Waals surface area contributed by atoms with Crippen LogP contribution in [0.4, 0.5) is 5.69 Å². The van der Waals surface area contributed by atoms with Crippen molar-refractivity contribution in [3.8, 4) is 0 Å². The summed E-state index contributed by atoms with van der Waals surface area (Å²) < 4.78 is 0. The molecular weight excluding hydrogens is 266 g/mol. The molecule has 0 bridgehead atoms. The van der Waals surface area contributed by atoms with Gasteiger partial charge in [-0.3, -0.25) is 4.79 Å². The molecule has 0 radical (unpaired) electrons. The zero-order valence-corrected chi connectivity index (χ0v) is 11.5. The van der Waals surface area contributed by atoms with Crippen molar-refractivity contribution in [1.29, 1.82) is 0 Å². The van der Waals surface area contributed by atoms with Gasteiger partial charge in [-0.1, -0.05) is 48.5 Å². The first kappa shape index (κ1) is 13.6. The number of para-hydroxylation sites is 1. The number of β-amino-alcohol motifs (C(OH)–C–C–N with tert-alkyl or cyclic N) is 1. The van der Waals surface area contributed by atoms with Gasteiger partial charge in [0.25, 0.3) is 0 Å². The lowest BCUT2D eigenvalue weighted by Crippen LogP contribution is -2.29. The number of benzene rings is 2. The normalized spacial score (nSPS) is 18.3. The Morgan fingerprint density at radius 2 is 1.81 bits per heavy atom. The smallest absolute Gasteiger partial charge is 0.312 e. The third kappa shape index (κ3) is 2.62. The van der Waals surface area contributed by atoms with Crippen LogP contribution in [0.1, 0.15) is 23.1 Å². The van der Waals surface area contributed by atoms with Gasteiger partial charge in [0.05, 0.1) is 6.10 Å². The molecule has 0 aromatic heterocycles. The van der Waals surface area contributed by atoms with Crippen LogP contribution in [0, 0.1) is 0 Å². The predicted octanol–water partition coefficient (Wildman–Crippen LogP) is 2.41. The molecule has 21 heavy (non-hydrogen) atoms. The molecule has 4 nitrogen and oxygen atoms in total. The molecular formula is C17H17NO3. The molecule has 0 saturated heterocycles. The van der Waals surface area contributed by atoms with E-state index in [1.54, 1.807) is 0 Å². The number of hydrogen-bond acceptors (Lipinski definition) is 3. The molecule has 108 valence electrons. The van der Waals surface area contributed by atoms with Gasteiger partial charge in [-0.15, -0.1) is 0 Å². The Morgan fingerprint density at radius 3 is 2.52 bits per heavy atom. The number of aliphatic hydroxyl groups excluding tert-OH is 1. The fourth-order valence-corrected chi connectivity index (χ4v) is 2.86. The monoisotopic (exact) mass is 283 g/mol. The van der Waals surface area contributed by atoms with Crippen LogP contribution in [0.25, 0.3) is 0 Å². The highest BCUT2D eigenvalue weighted by Crippen LogP contribution is 2.37. The molecule has 0 aliphatic carbocycles. The largest absolute Gasteiger partial charge is 0.481 e. The maximum absolute atomic E-state index is 11.4. The van der Waals surface area contributed by atoms with Crippen molar-refractivity contribution in [1.82, 2.24) is 0 Å². The quantitative estimate of drug-likeness (QED) is 0.904. The van der Waals surface area contributed by atoms with Crippen LogP contribution >= 0.6 is 0 Å². The third-order valence-electron chi connectivity index (χ3n) is 3.93. The van der Waals surface area contributed by atoms with Crippen molar-refractivity contribution in [2.75, 3.05) is 18.0 Å². The van der Waals surface area contributed by atoms with E-state index in [0.29, 0.717) is 13.1 Å². The molecule has 4 heteroatoms. The lowest BCUT2D eigenvalue weighted by Gasteiger charge is -2.23. The summed E-state index contributed by atoms with van der Waals surface area (Å²) in [5.74, 6) is -1.34. The summed E-state index contributed by atoms with van der Waals surface area (Å²) in [5.41, 5.74) is 2.57. The van der Waals surface area contributed by atoms with E-state index < -0.39 is 18.0 Å². The number of carbonyl (C=O) groups is 1. The summed E-state index contributed by atoms with van der Waals surface area (Å²) in [6.07, 6.45) is -0.633. The molecule has 2 atom stereocenters. The minimum absolute atomic E-state index is 0.394. The van der Waals surface area contributed by atoms with E-state index in [1.165, 1.54) is 0 Å². The molecule has 2 unspecified atom stereocenters. The van der Waals surface area contributed by atoms with E-state index >= 15 is 0 Å². The summed E-state index contributed by atoms with van der Waals surface area (Å²) in [6, 6.07) is 16.9. The van der Waals surface area contributed by atoms with Gasteiger partial charge >= 0.3 is 5.97 Å². The summed E-state index contributed by atoms with van der Waals surface area (Å²) in [6.45, 7) is 0.795. The van der Waals surface area contributed by atoms with Gasteiger partial charge in [0.2, 0.25) is 0 Å². The summed E-state index contributed by atoms with van der Waals surface area (Å²) in [4.78, 5) is 13.3. The van der Waals surface area contributed by atoms with Gasteiger partial charge in [0.15, 0.2) is 0 Å². The van der Waals surface area contributed by atoms with E-state index in [2.05, 4.69) is 0 Å². The average Bonchev–Trinajstić information content (AvgIpc) is 2.87. The van der Waals surface area contributed by atoms with Gasteiger partial charge in [-0.05, 0) is 17.2 Å². The predicted molar refractivity (Wildman–Crippen MR) is 80.4 cm³/mol. The molecule has 1 aliphatic rings. The maximum Gasteiger partial charge on any atom is 0.312 e. The van der Waals surface area contributed by atoms with Crippen molar-refractivity contribution in [3.63, 3.8) is 0 Å². The van der Waals surface area contributed by atoms with Crippen molar-refractivity contribution >= 4 is 11.7 Å². The number of aliphatic hydroxyl groups is 1. The first-order chi connectivity index (χ1) is 10.2. The first-order valence-electron chi connectivity index (χ1n) is 6.96. The summed E-state index contributed by atoms with van der Waals surface area (Å²) in [7, 11) is 0. The van der Waals surface area contributed by atoms with E-state index in [1.807, 2.05) is 59.5 Å². The topological polar surface area (TPSA) is 60.8 Å². The highest BCUT2D eigenvalue weighted by Gasteiger charge is 2.33. The van der Waals surface area contributed by atoms with Crippen LogP contribution in [0.3, 0.4) is 0 Å². The minimum Gasteiger partial charge on any atom is -0.481 e. The summed E-state index contributed by atoms with van der Waals surface area (Å²) in [5, 5.41) is 19.7. The molecule has 0 amide bonds. The Kier molecular flexibility index (Phi) is 3.62. The van der Waals surface area contributed by atoms with Crippen molar-refractivity contribution in [3.05, 3.63) is 65.7 Å². The zero-order valence-electron chi connectivity index (χ0n) is 11.5. The van der Waals surface area contributed by atoms with Crippen LogP contribution in [0.5, 0.6) is 0 Å². The molecule has 1 aliphatic heterocycles. The van der Waals surface area contributed by atoms with Crippen LogP contribution in [0.15, 0.2) is 54.6 Å². The van der Waals surface area contributed by atoms with Crippen molar-refractivity contribution < 1.29 is 15.0 Å². The number of anilines is 1. The number of nitrogens with zero attached hydrogens (tertiary/aromatic N) is 1. The Labute approximate surface area is 123 Å². The molecule has 1 heterocycles. The second-order valence-corrected chi connectivity index (χ2v) is 5.28. The summed E-state index contributed by atoms with van der Waals surface area (Å²) >= 11 is 0. The minimum atomic E-state index is -0.820. The van der Waals surface area contributed by atoms with E-state index in [-0.39, 0.29) is 0 Å². The highest BCUT2D eigenvalue weighted by molar-refractivity contribution is 5.83. The fraction of sp³-hybridized carbons (Fsp3) is 0.235. The second-order valence-electron chi connectivity index (χ2n) is 5.28. The number of carboxylic acids is 1. The number of fused-ring (bicyclic) bond motifs is 1. The molecule has 2 aromatic rings. The molecule has 0 spiro atoms. The van der Waals surface area contributed by atoms with Crippen molar-refractivity contribution in [2.45, 2.75) is 12.0 Å². The van der Waals surface area contributed by atoms with Gasteiger partial charge in [0.1, 0.15) is 5.92 Å². The first-order valence-corrected chi connectivity index (χ1v) is 6.96. The Bertz CT molecular complexity index is 641. The average molecular weight is 283 g/mol. The van der Waals surface area contributed by atoms with Crippen LogP contribution in [-0.2, 0) is 4.79 Å². The van der Waals surface area contributed by atoms with E-state index in [9.17, 15) is 15.0 Å². The number of carboxylic acid groups (broad SMARTS) is 1. The number of hydrogen-bond donors (Lipinski definition) is 2. The maximum atomic E-state index is 11.4. The Hall–Kier alpha value is -2.33. The molecule has 2 N–H and O–H groups in total. The van der Waals surface area contributed by atoms with Gasteiger partial charge in [0, 0.05) is 18.8 Å². The molecule has 0 saturated carbocycles. The van der Waals surface area contributed by atoms with Crippen LogP contribution in [-0.4, -0.2) is 29.3 Å². The second kappa shape index (κ2) is 5.58. The highest BCUT2D eigenvalue weighted by atomic mass is 16.4. The van der Waals surface area contributed by atoms with Crippen molar-refractivity contribution in [2.24, 2.45) is 0 Å². The van der Waals surface area contributed by atoms with E-state index in [4.69, 9.17) is 0 Å². The van der Waals surface area contributed by atoms with Gasteiger partial charge in [-0.2, -0.15) is 0 Å². The lowest BCUT2D eigenvalue weighted by molar-refractivity contribution is -0.138. The molecule has 3 rings (SSSR count). The Balaban J connectivity index is 1.83. The van der Waals surface area contributed by atoms with Gasteiger partial charge < -0.3 is 15.1 Å². The van der Waals surface area contributed by atoms with Gasteiger partial charge in [-0.25, -0.2) is 0 Å². The standard InChI is InChI=1S/C17H17NO3/c19-16(12-6-2-1-3-7-12)11-18-10-14(17(20)21)13-8-4-5-9-15(13)18/h1-9,14,16,19H,10-11H2,(H,20,21). The molecule has 0 fully saturated rings. The third-order valence-corrected chi connectivity index (χ3v) is 3.93. The number of aliphatic carboxylic acids is 1. The number of rotatable bonds is 4. The Morgan fingerprint density at radius 1 is 1.14 bits per heavy atom. The lowest BCUT2D eigenvalue weighted by atomic mass is 10.0. The van der Waals surface area contributed by atoms with Crippen LogP contribution in [0.2, 0.25) is 0 Å². The molecule has 2 aromatic carbocycles.